The lowest BCUT2D eigenvalue weighted by Gasteiger charge is -2.39. The SMILES string of the molecule is Cc1cc(NC(=O)c2c3c(cn2C)S(=O)(=O)NC2CCN(C(=O)C(=O)NC(C)(C)C(F)(F)F)CC2CO3)ccc1F. The van der Waals surface area contributed by atoms with E-state index in [9.17, 15) is 40.4 Å². The Morgan fingerprint density at radius 2 is 1.85 bits per heavy atom. The number of ether oxygens (including phenoxy) is 1. The quantitative estimate of drug-likeness (QED) is 0.363. The Morgan fingerprint density at radius 3 is 2.49 bits per heavy atom. The van der Waals surface area contributed by atoms with Crippen LogP contribution in [0.3, 0.4) is 0 Å². The maximum atomic E-state index is 13.6. The molecule has 11 nitrogen and oxygen atoms in total. The van der Waals surface area contributed by atoms with Gasteiger partial charge in [0.1, 0.15) is 16.3 Å². The fraction of sp³-hybridized carbons (Fsp3) is 0.480. The van der Waals surface area contributed by atoms with Gasteiger partial charge in [0, 0.05) is 44.0 Å². The molecular formula is C25H29F4N5O6S. The highest BCUT2D eigenvalue weighted by Gasteiger charge is 2.50. The van der Waals surface area contributed by atoms with Crippen LogP contribution in [-0.2, 0) is 26.7 Å². The lowest BCUT2D eigenvalue weighted by Crippen LogP contribution is -2.60. The third kappa shape index (κ3) is 6.02. The molecule has 4 rings (SSSR count). The standard InChI is InChI=1S/C25H29F4N5O6S/c1-13-9-15(5-6-16(13)26)30-21(35)19-20-18(11-33(19)4)41(38,39)32-17-7-8-34(10-14(17)12-40-20)23(37)22(36)31-24(2,3)25(27,28)29/h5-6,9,11,14,17,32H,7-8,10,12H2,1-4H3,(H,30,35)(H,31,36). The van der Waals surface area contributed by atoms with E-state index in [2.05, 4.69) is 10.0 Å². The van der Waals surface area contributed by atoms with E-state index >= 15 is 0 Å². The lowest BCUT2D eigenvalue weighted by atomic mass is 9.93. The fourth-order valence-electron chi connectivity index (χ4n) is 4.63. The van der Waals surface area contributed by atoms with Gasteiger partial charge in [0.25, 0.3) is 5.91 Å². The molecule has 16 heteroatoms. The number of aromatic nitrogens is 1. The molecule has 1 aromatic carbocycles. The summed E-state index contributed by atoms with van der Waals surface area (Å²) in [6.45, 7) is 2.51. The summed E-state index contributed by atoms with van der Waals surface area (Å²) in [6, 6.07) is 3.21. The molecule has 2 aliphatic heterocycles. The number of nitrogens with one attached hydrogen (secondary N) is 3. The number of carbonyl (C=O) groups excluding carboxylic acids is 3. The molecule has 1 aromatic heterocycles. The van der Waals surface area contributed by atoms with Gasteiger partial charge in [-0.3, -0.25) is 14.4 Å². The van der Waals surface area contributed by atoms with E-state index in [-0.39, 0.29) is 53.7 Å². The fourth-order valence-corrected chi connectivity index (χ4v) is 6.16. The zero-order valence-electron chi connectivity index (χ0n) is 22.6. The third-order valence-electron chi connectivity index (χ3n) is 7.12. The number of carbonyl (C=O) groups is 3. The Balaban J connectivity index is 1.55. The summed E-state index contributed by atoms with van der Waals surface area (Å²) in [5.41, 5.74) is -2.23. The summed E-state index contributed by atoms with van der Waals surface area (Å²) in [7, 11) is -2.77. The number of piperidine rings is 1. The van der Waals surface area contributed by atoms with Gasteiger partial charge in [-0.05, 0) is 51.0 Å². The number of fused-ring (bicyclic) bond motifs is 2. The smallest absolute Gasteiger partial charge is 0.410 e. The molecule has 0 saturated carbocycles. The van der Waals surface area contributed by atoms with Gasteiger partial charge < -0.3 is 24.8 Å². The highest BCUT2D eigenvalue weighted by Crippen LogP contribution is 2.35. The van der Waals surface area contributed by atoms with Crippen molar-refractivity contribution in [2.45, 2.75) is 49.8 Å². The number of likely N-dealkylation sites (tertiary alicyclic amines) is 1. The van der Waals surface area contributed by atoms with Crippen LogP contribution in [0, 0.1) is 18.7 Å². The normalized spacial score (nSPS) is 20.5. The number of benzene rings is 1. The third-order valence-corrected chi connectivity index (χ3v) is 8.60. The Morgan fingerprint density at radius 1 is 1.17 bits per heavy atom. The molecule has 1 saturated heterocycles. The second-order valence-electron chi connectivity index (χ2n) is 10.6. The van der Waals surface area contributed by atoms with Gasteiger partial charge in [0.15, 0.2) is 11.4 Å². The van der Waals surface area contributed by atoms with Crippen LogP contribution in [0.15, 0.2) is 29.3 Å². The molecule has 3 heterocycles. The maximum absolute atomic E-state index is 13.6. The van der Waals surface area contributed by atoms with Crippen molar-refractivity contribution in [3.8, 4) is 5.75 Å². The number of amides is 3. The average Bonchev–Trinajstić information content (AvgIpc) is 3.20. The van der Waals surface area contributed by atoms with Gasteiger partial charge in [-0.25, -0.2) is 17.5 Å². The molecule has 0 spiro atoms. The first-order valence-electron chi connectivity index (χ1n) is 12.5. The highest BCUT2D eigenvalue weighted by atomic mass is 32.2. The number of rotatable bonds is 3. The number of aryl methyl sites for hydroxylation is 2. The Bertz CT molecular complexity index is 1500. The van der Waals surface area contributed by atoms with Crippen LogP contribution in [0.2, 0.25) is 0 Å². The predicted octanol–water partition coefficient (Wildman–Crippen LogP) is 2.07. The van der Waals surface area contributed by atoms with Gasteiger partial charge in [-0.1, -0.05) is 0 Å². The zero-order chi connectivity index (χ0) is 30.5. The second-order valence-corrected chi connectivity index (χ2v) is 12.3. The Kier molecular flexibility index (Phi) is 7.86. The molecule has 3 amide bonds. The van der Waals surface area contributed by atoms with Gasteiger partial charge in [-0.2, -0.15) is 13.2 Å². The largest absolute Gasteiger partial charge is 0.489 e. The first-order chi connectivity index (χ1) is 18.9. The Labute approximate surface area is 233 Å². The van der Waals surface area contributed by atoms with Crippen molar-refractivity contribution >= 4 is 33.4 Å². The van der Waals surface area contributed by atoms with E-state index < -0.39 is 57.2 Å². The first kappa shape index (κ1) is 30.3. The predicted molar refractivity (Wildman–Crippen MR) is 137 cm³/mol. The van der Waals surface area contributed by atoms with Crippen molar-refractivity contribution in [3.05, 3.63) is 41.5 Å². The molecule has 2 unspecified atom stereocenters. The van der Waals surface area contributed by atoms with Gasteiger partial charge in [-0.15, -0.1) is 0 Å². The first-order valence-corrected chi connectivity index (χ1v) is 14.0. The van der Waals surface area contributed by atoms with Crippen LogP contribution in [0.25, 0.3) is 0 Å². The van der Waals surface area contributed by atoms with Crippen LogP contribution in [0.5, 0.6) is 5.75 Å². The van der Waals surface area contributed by atoms with Crippen LogP contribution >= 0.6 is 0 Å². The van der Waals surface area contributed by atoms with Crippen molar-refractivity contribution in [2.75, 3.05) is 25.0 Å². The molecule has 3 N–H and O–H groups in total. The van der Waals surface area contributed by atoms with E-state index in [1.54, 1.807) is 5.32 Å². The topological polar surface area (TPSA) is 139 Å². The summed E-state index contributed by atoms with van der Waals surface area (Å²) < 4.78 is 89.4. The minimum absolute atomic E-state index is 0.0639. The molecule has 224 valence electrons. The Hall–Kier alpha value is -3.66. The molecule has 2 aromatic rings. The summed E-state index contributed by atoms with van der Waals surface area (Å²) in [5.74, 6) is -4.78. The van der Waals surface area contributed by atoms with Crippen molar-refractivity contribution in [3.63, 3.8) is 0 Å². The summed E-state index contributed by atoms with van der Waals surface area (Å²) in [6.07, 6.45) is -3.52. The van der Waals surface area contributed by atoms with E-state index in [0.29, 0.717) is 0 Å². The lowest BCUT2D eigenvalue weighted by molar-refractivity contribution is -0.189. The van der Waals surface area contributed by atoms with Crippen LogP contribution < -0.4 is 20.1 Å². The minimum atomic E-state index is -4.80. The maximum Gasteiger partial charge on any atom is 0.410 e. The molecule has 2 atom stereocenters. The summed E-state index contributed by atoms with van der Waals surface area (Å²) in [5, 5.41) is 4.28. The van der Waals surface area contributed by atoms with Gasteiger partial charge in [0.2, 0.25) is 10.0 Å². The van der Waals surface area contributed by atoms with Gasteiger partial charge >= 0.3 is 18.0 Å². The number of alkyl halides is 3. The molecule has 2 aliphatic rings. The molecule has 1 fully saturated rings. The average molecular weight is 604 g/mol. The van der Waals surface area contributed by atoms with Crippen molar-refractivity contribution in [1.29, 1.82) is 0 Å². The number of halogens is 4. The van der Waals surface area contributed by atoms with Crippen LogP contribution in [0.1, 0.15) is 36.3 Å². The molecule has 41 heavy (non-hydrogen) atoms. The van der Waals surface area contributed by atoms with Crippen LogP contribution in [0.4, 0.5) is 23.2 Å². The van der Waals surface area contributed by atoms with E-state index in [1.165, 1.54) is 42.9 Å². The van der Waals surface area contributed by atoms with Crippen molar-refractivity contribution in [2.24, 2.45) is 13.0 Å². The van der Waals surface area contributed by atoms with Gasteiger partial charge in [0.05, 0.1) is 6.61 Å². The highest BCUT2D eigenvalue weighted by molar-refractivity contribution is 7.89. The van der Waals surface area contributed by atoms with E-state index in [0.717, 1.165) is 18.7 Å². The molecule has 0 bridgehead atoms. The molecular weight excluding hydrogens is 574 g/mol. The number of hydrogen-bond donors (Lipinski definition) is 3. The number of nitrogens with zero attached hydrogens (tertiary/aromatic N) is 2. The number of sulfonamides is 1. The summed E-state index contributed by atoms with van der Waals surface area (Å²) >= 11 is 0. The van der Waals surface area contributed by atoms with E-state index in [4.69, 9.17) is 4.74 Å². The van der Waals surface area contributed by atoms with Crippen molar-refractivity contribution < 1.29 is 45.1 Å². The van der Waals surface area contributed by atoms with Crippen LogP contribution in [-0.4, -0.2) is 73.1 Å². The molecule has 0 radical (unpaired) electrons. The number of hydrogen-bond acceptors (Lipinski definition) is 6. The monoisotopic (exact) mass is 603 g/mol. The minimum Gasteiger partial charge on any atom is -0.489 e. The van der Waals surface area contributed by atoms with Crippen molar-refractivity contribution in [1.82, 2.24) is 19.5 Å². The molecule has 0 aliphatic carbocycles. The second kappa shape index (κ2) is 10.6. The zero-order valence-corrected chi connectivity index (χ0v) is 23.4. The summed E-state index contributed by atoms with van der Waals surface area (Å²) in [4.78, 5) is 39.0. The van der Waals surface area contributed by atoms with E-state index in [1.807, 2.05) is 0 Å². The number of anilines is 1.